The fourth-order valence-corrected chi connectivity index (χ4v) is 7.22. The molecule has 0 bridgehead atoms. The molecule has 0 spiro atoms. The van der Waals surface area contributed by atoms with E-state index in [1.165, 1.54) is 49.0 Å². The average Bonchev–Trinajstić information content (AvgIpc) is 3.19. The van der Waals surface area contributed by atoms with Crippen molar-refractivity contribution in [3.63, 3.8) is 0 Å². The molecule has 2 atom stereocenters. The van der Waals surface area contributed by atoms with Crippen LogP contribution in [-0.2, 0) is 19.4 Å². The fraction of sp³-hybridized carbons (Fsp3) is 0.571. The highest BCUT2D eigenvalue weighted by atomic mass is 32.2. The third-order valence-corrected chi connectivity index (χ3v) is 8.93. The molecular formula is C21H30N2S2. The highest BCUT2D eigenvalue weighted by Crippen LogP contribution is 2.51. The minimum atomic E-state index is 0.354. The highest BCUT2D eigenvalue weighted by Gasteiger charge is 2.36. The van der Waals surface area contributed by atoms with Crippen molar-refractivity contribution in [2.24, 2.45) is 0 Å². The molecule has 136 valence electrons. The number of aromatic nitrogens is 2. The van der Waals surface area contributed by atoms with Crippen LogP contribution in [0.2, 0.25) is 0 Å². The second-order valence-corrected chi connectivity index (χ2v) is 10.3. The molecule has 1 aliphatic heterocycles. The van der Waals surface area contributed by atoms with E-state index in [4.69, 9.17) is 0 Å². The zero-order valence-corrected chi connectivity index (χ0v) is 17.1. The Kier molecular flexibility index (Phi) is 6.94. The van der Waals surface area contributed by atoms with Crippen LogP contribution in [-0.4, -0.2) is 24.6 Å². The summed E-state index contributed by atoms with van der Waals surface area (Å²) in [7, 11) is 0. The molecule has 3 rings (SSSR count). The summed E-state index contributed by atoms with van der Waals surface area (Å²) in [4.78, 5) is 4.20. The molecule has 4 heteroatoms. The van der Waals surface area contributed by atoms with Gasteiger partial charge in [-0.05, 0) is 55.4 Å². The van der Waals surface area contributed by atoms with Crippen molar-refractivity contribution < 1.29 is 0 Å². The van der Waals surface area contributed by atoms with Crippen molar-refractivity contribution in [3.8, 4) is 0 Å². The van der Waals surface area contributed by atoms with E-state index in [2.05, 4.69) is 77.4 Å². The van der Waals surface area contributed by atoms with Gasteiger partial charge in [-0.1, -0.05) is 38.1 Å². The molecule has 0 radical (unpaired) electrons. The van der Waals surface area contributed by atoms with E-state index in [1.807, 2.05) is 12.5 Å². The van der Waals surface area contributed by atoms with Crippen LogP contribution in [0.25, 0.3) is 0 Å². The summed E-state index contributed by atoms with van der Waals surface area (Å²) in [6, 6.07) is 9.25. The average molecular weight is 375 g/mol. The quantitative estimate of drug-likeness (QED) is 0.580. The highest BCUT2D eigenvalue weighted by molar-refractivity contribution is 8.19. The number of nitrogens with zero attached hydrogens (tertiary/aromatic N) is 2. The molecule has 1 aromatic carbocycles. The van der Waals surface area contributed by atoms with Crippen LogP contribution in [0.4, 0.5) is 0 Å². The molecule has 2 nitrogen and oxygen atoms in total. The first-order valence-electron chi connectivity index (χ1n) is 9.58. The second-order valence-electron chi connectivity index (χ2n) is 6.92. The van der Waals surface area contributed by atoms with E-state index in [0.29, 0.717) is 4.08 Å². The number of hydrogen-bond donors (Lipinski definition) is 0. The first-order valence-corrected chi connectivity index (χ1v) is 11.4. The van der Waals surface area contributed by atoms with E-state index in [9.17, 15) is 0 Å². The Bertz CT molecular complexity index is 624. The zero-order chi connectivity index (χ0) is 17.5. The summed E-state index contributed by atoms with van der Waals surface area (Å²) in [6.07, 6.45) is 13.4. The fourth-order valence-electron chi connectivity index (χ4n) is 3.44. The van der Waals surface area contributed by atoms with Crippen molar-refractivity contribution in [1.82, 2.24) is 9.55 Å². The molecule has 0 saturated carbocycles. The molecule has 1 aliphatic rings. The summed E-state index contributed by atoms with van der Waals surface area (Å²) in [5.41, 5.74) is 2.92. The summed E-state index contributed by atoms with van der Waals surface area (Å²) >= 11 is 4.46. The van der Waals surface area contributed by atoms with Crippen LogP contribution in [0.15, 0.2) is 43.0 Å². The van der Waals surface area contributed by atoms with E-state index in [-0.39, 0.29) is 0 Å². The first kappa shape index (κ1) is 18.9. The van der Waals surface area contributed by atoms with E-state index < -0.39 is 0 Å². The van der Waals surface area contributed by atoms with Gasteiger partial charge in [0.15, 0.2) is 0 Å². The van der Waals surface area contributed by atoms with Gasteiger partial charge >= 0.3 is 0 Å². The number of hydrogen-bond acceptors (Lipinski definition) is 3. The van der Waals surface area contributed by atoms with Crippen LogP contribution in [0, 0.1) is 0 Å². The maximum Gasteiger partial charge on any atom is 0.0945 e. The second kappa shape index (κ2) is 9.18. The van der Waals surface area contributed by atoms with Crippen molar-refractivity contribution in [1.29, 1.82) is 0 Å². The van der Waals surface area contributed by atoms with Gasteiger partial charge in [0.1, 0.15) is 0 Å². The molecule has 1 fully saturated rings. The normalized spacial score (nSPS) is 23.7. The molecular weight excluding hydrogens is 344 g/mol. The largest absolute Gasteiger partial charge is 0.337 e. The van der Waals surface area contributed by atoms with Crippen molar-refractivity contribution in [2.45, 2.75) is 68.2 Å². The van der Waals surface area contributed by atoms with Gasteiger partial charge in [-0.3, -0.25) is 0 Å². The summed E-state index contributed by atoms with van der Waals surface area (Å²) in [5.74, 6) is 1.31. The zero-order valence-electron chi connectivity index (χ0n) is 15.5. The Labute approximate surface area is 161 Å². The van der Waals surface area contributed by atoms with Crippen LogP contribution in [0.3, 0.4) is 0 Å². The number of benzene rings is 1. The summed E-state index contributed by atoms with van der Waals surface area (Å²) < 4.78 is 2.58. The van der Waals surface area contributed by atoms with Crippen molar-refractivity contribution >= 4 is 23.5 Å². The van der Waals surface area contributed by atoms with Crippen molar-refractivity contribution in [3.05, 3.63) is 54.1 Å². The minimum absolute atomic E-state index is 0.354. The maximum atomic E-state index is 4.20. The molecule has 0 amide bonds. The van der Waals surface area contributed by atoms with Crippen LogP contribution in [0.1, 0.15) is 50.7 Å². The van der Waals surface area contributed by atoms with Crippen LogP contribution in [0.5, 0.6) is 0 Å². The van der Waals surface area contributed by atoms with E-state index >= 15 is 0 Å². The van der Waals surface area contributed by atoms with Gasteiger partial charge < -0.3 is 4.57 Å². The van der Waals surface area contributed by atoms with Gasteiger partial charge in [-0.25, -0.2) is 4.98 Å². The molecule has 0 N–H and O–H groups in total. The monoisotopic (exact) mass is 374 g/mol. The third kappa shape index (κ3) is 5.30. The number of rotatable bonds is 8. The predicted molar refractivity (Wildman–Crippen MR) is 112 cm³/mol. The number of imidazole rings is 1. The SMILES string of the molecule is CCc1ccc(CCC2(CCn3ccnc3)SCCC(CC)S2)cc1. The lowest BCUT2D eigenvalue weighted by atomic mass is 10.0. The third-order valence-electron chi connectivity index (χ3n) is 5.18. The van der Waals surface area contributed by atoms with Crippen LogP contribution < -0.4 is 0 Å². The molecule has 2 unspecified atom stereocenters. The van der Waals surface area contributed by atoms with Crippen LogP contribution >= 0.6 is 23.5 Å². The topological polar surface area (TPSA) is 17.8 Å². The van der Waals surface area contributed by atoms with Crippen molar-refractivity contribution in [2.75, 3.05) is 5.75 Å². The van der Waals surface area contributed by atoms with E-state index in [0.717, 1.165) is 18.2 Å². The molecule has 1 aromatic heterocycles. The Morgan fingerprint density at radius 2 is 1.96 bits per heavy atom. The lowest BCUT2D eigenvalue weighted by Crippen LogP contribution is -2.31. The van der Waals surface area contributed by atoms with Gasteiger partial charge in [0.05, 0.1) is 10.4 Å². The predicted octanol–water partition coefficient (Wildman–Crippen LogP) is 5.81. The lowest BCUT2D eigenvalue weighted by molar-refractivity contribution is 0.563. The lowest BCUT2D eigenvalue weighted by Gasteiger charge is -2.40. The molecule has 2 aromatic rings. The van der Waals surface area contributed by atoms with Gasteiger partial charge in [0.25, 0.3) is 0 Å². The summed E-state index contributed by atoms with van der Waals surface area (Å²) in [5, 5.41) is 0.825. The molecule has 25 heavy (non-hydrogen) atoms. The Morgan fingerprint density at radius 1 is 1.16 bits per heavy atom. The maximum absolute atomic E-state index is 4.20. The standard InChI is InChI=1S/C21H30N2S2/c1-3-18-5-7-19(8-6-18)9-11-21(12-14-23-15-13-22-17-23)24-16-10-20(4-2)25-21/h5-8,13,15,17,20H,3-4,9-12,14,16H2,1-2H3. The Balaban J connectivity index is 1.66. The van der Waals surface area contributed by atoms with Gasteiger partial charge in [0.2, 0.25) is 0 Å². The smallest absolute Gasteiger partial charge is 0.0945 e. The first-order chi connectivity index (χ1) is 12.2. The molecule has 0 aliphatic carbocycles. The van der Waals surface area contributed by atoms with Gasteiger partial charge in [0, 0.05) is 24.2 Å². The molecule has 2 heterocycles. The number of aryl methyl sites for hydroxylation is 3. The summed E-state index contributed by atoms with van der Waals surface area (Å²) in [6.45, 7) is 5.64. The van der Waals surface area contributed by atoms with Gasteiger partial charge in [-0.2, -0.15) is 0 Å². The van der Waals surface area contributed by atoms with Gasteiger partial charge in [-0.15, -0.1) is 23.5 Å². The minimum Gasteiger partial charge on any atom is -0.337 e. The molecule has 1 saturated heterocycles. The Morgan fingerprint density at radius 3 is 2.64 bits per heavy atom. The van der Waals surface area contributed by atoms with E-state index in [1.54, 1.807) is 0 Å². The number of thioether (sulfide) groups is 2. The Hall–Kier alpha value is -0.870.